The summed E-state index contributed by atoms with van der Waals surface area (Å²) in [6.07, 6.45) is 4.98. The highest BCUT2D eigenvalue weighted by Crippen LogP contribution is 2.34. The summed E-state index contributed by atoms with van der Waals surface area (Å²) in [6.45, 7) is 4.55. The Morgan fingerprint density at radius 2 is 1.70 bits per heavy atom. The molecule has 1 aromatic rings. The van der Waals surface area contributed by atoms with Crippen LogP contribution in [0.5, 0.6) is 5.75 Å². The molecule has 0 N–H and O–H groups in total. The number of methoxy groups -OCH3 is 1. The predicted octanol–water partition coefficient (Wildman–Crippen LogP) is 4.27. The molecule has 0 spiro atoms. The third-order valence-corrected chi connectivity index (χ3v) is 4.45. The predicted molar refractivity (Wildman–Crippen MR) is 82.0 cm³/mol. The summed E-state index contributed by atoms with van der Waals surface area (Å²) in [6, 6.07) is 8.03. The lowest BCUT2D eigenvalue weighted by Gasteiger charge is -2.30. The van der Waals surface area contributed by atoms with Gasteiger partial charge in [-0.15, -0.1) is 0 Å². The van der Waals surface area contributed by atoms with Gasteiger partial charge in [-0.05, 0) is 55.2 Å². The third-order valence-electron chi connectivity index (χ3n) is 4.45. The first kappa shape index (κ1) is 15.1. The van der Waals surface area contributed by atoms with Crippen LogP contribution in [0.4, 0.5) is 0 Å². The van der Waals surface area contributed by atoms with Crippen molar-refractivity contribution < 1.29 is 9.53 Å². The number of carbonyl (C=O) groups excluding carboxylic acids is 1. The molecule has 1 aromatic carbocycles. The molecule has 2 rings (SSSR count). The average Bonchev–Trinajstić information content (AvgIpc) is 2.44. The number of benzene rings is 1. The molecular weight excluding hydrogens is 248 g/mol. The van der Waals surface area contributed by atoms with E-state index in [9.17, 15) is 4.79 Å². The maximum absolute atomic E-state index is 12.4. The van der Waals surface area contributed by atoms with E-state index >= 15 is 0 Å². The Hall–Kier alpha value is -1.31. The van der Waals surface area contributed by atoms with E-state index in [1.807, 2.05) is 12.1 Å². The zero-order valence-electron chi connectivity index (χ0n) is 12.9. The lowest BCUT2D eigenvalue weighted by Crippen LogP contribution is -2.26. The quantitative estimate of drug-likeness (QED) is 0.801. The summed E-state index contributed by atoms with van der Waals surface area (Å²) in [5.74, 6) is 3.03. The monoisotopic (exact) mass is 274 g/mol. The third kappa shape index (κ3) is 4.09. The van der Waals surface area contributed by atoms with Crippen molar-refractivity contribution in [2.24, 2.45) is 17.8 Å². The highest BCUT2D eigenvalue weighted by Gasteiger charge is 2.28. The summed E-state index contributed by atoms with van der Waals surface area (Å²) in [4.78, 5) is 12.4. The maximum Gasteiger partial charge on any atom is 0.136 e. The van der Waals surface area contributed by atoms with Crippen LogP contribution in [0, 0.1) is 17.8 Å². The van der Waals surface area contributed by atoms with Gasteiger partial charge in [-0.3, -0.25) is 4.79 Å². The zero-order chi connectivity index (χ0) is 14.5. The van der Waals surface area contributed by atoms with Gasteiger partial charge in [-0.25, -0.2) is 0 Å². The molecule has 0 saturated heterocycles. The standard InChI is InChI=1S/C18H26O2/c1-13-10-14(2)12-16(11-13)18(19)9-6-15-4-7-17(20-3)8-5-15/h4-5,7-8,13-14,16H,6,9-12H2,1-3H3. The molecule has 1 aliphatic rings. The highest BCUT2D eigenvalue weighted by atomic mass is 16.5. The van der Waals surface area contributed by atoms with E-state index in [2.05, 4.69) is 26.0 Å². The van der Waals surface area contributed by atoms with E-state index in [-0.39, 0.29) is 0 Å². The topological polar surface area (TPSA) is 26.3 Å². The van der Waals surface area contributed by atoms with Gasteiger partial charge in [0, 0.05) is 12.3 Å². The molecule has 1 saturated carbocycles. The second-order valence-electron chi connectivity index (χ2n) is 6.43. The molecule has 2 unspecified atom stereocenters. The molecule has 0 heterocycles. The first-order chi connectivity index (χ1) is 9.58. The molecule has 2 nitrogen and oxygen atoms in total. The maximum atomic E-state index is 12.4. The van der Waals surface area contributed by atoms with E-state index < -0.39 is 0 Å². The fourth-order valence-electron chi connectivity index (χ4n) is 3.47. The second kappa shape index (κ2) is 6.92. The van der Waals surface area contributed by atoms with Crippen molar-refractivity contribution >= 4 is 5.78 Å². The number of Topliss-reactive ketones (excluding diaryl/α,β-unsaturated/α-hetero) is 1. The zero-order valence-corrected chi connectivity index (χ0v) is 12.9. The van der Waals surface area contributed by atoms with E-state index in [0.717, 1.165) is 25.0 Å². The number of ether oxygens (including phenoxy) is 1. The Morgan fingerprint density at radius 3 is 2.25 bits per heavy atom. The van der Waals surface area contributed by atoms with Crippen LogP contribution in [-0.2, 0) is 11.2 Å². The molecule has 0 aliphatic heterocycles. The van der Waals surface area contributed by atoms with Crippen molar-refractivity contribution in [2.45, 2.75) is 46.0 Å². The fourth-order valence-corrected chi connectivity index (χ4v) is 3.47. The van der Waals surface area contributed by atoms with Gasteiger partial charge in [0.2, 0.25) is 0 Å². The van der Waals surface area contributed by atoms with Crippen molar-refractivity contribution in [1.82, 2.24) is 0 Å². The fraction of sp³-hybridized carbons (Fsp3) is 0.611. The van der Waals surface area contributed by atoms with Crippen LogP contribution in [-0.4, -0.2) is 12.9 Å². The molecule has 20 heavy (non-hydrogen) atoms. The van der Waals surface area contributed by atoms with Crippen molar-refractivity contribution in [2.75, 3.05) is 7.11 Å². The van der Waals surface area contributed by atoms with Crippen LogP contribution in [0.25, 0.3) is 0 Å². The average molecular weight is 274 g/mol. The molecule has 110 valence electrons. The van der Waals surface area contributed by atoms with Gasteiger partial charge in [-0.2, -0.15) is 0 Å². The molecule has 1 aliphatic carbocycles. The summed E-state index contributed by atoms with van der Waals surface area (Å²) in [5.41, 5.74) is 1.22. The Kier molecular flexibility index (Phi) is 5.22. The molecule has 1 fully saturated rings. The molecule has 0 aromatic heterocycles. The van der Waals surface area contributed by atoms with Crippen molar-refractivity contribution in [3.05, 3.63) is 29.8 Å². The van der Waals surface area contributed by atoms with Crippen molar-refractivity contribution in [3.63, 3.8) is 0 Å². The first-order valence-corrected chi connectivity index (χ1v) is 7.74. The number of carbonyl (C=O) groups is 1. The lowest BCUT2D eigenvalue weighted by molar-refractivity contribution is -0.124. The summed E-state index contributed by atoms with van der Waals surface area (Å²) < 4.78 is 5.15. The lowest BCUT2D eigenvalue weighted by atomic mass is 9.74. The number of ketones is 1. The first-order valence-electron chi connectivity index (χ1n) is 7.74. The van der Waals surface area contributed by atoms with Gasteiger partial charge < -0.3 is 4.74 Å². The normalized spacial score (nSPS) is 26.2. The van der Waals surface area contributed by atoms with E-state index in [1.165, 1.54) is 12.0 Å². The Labute approximate surface area is 122 Å². The highest BCUT2D eigenvalue weighted by molar-refractivity contribution is 5.81. The van der Waals surface area contributed by atoms with Crippen LogP contribution >= 0.6 is 0 Å². The summed E-state index contributed by atoms with van der Waals surface area (Å²) in [5, 5.41) is 0. The summed E-state index contributed by atoms with van der Waals surface area (Å²) in [7, 11) is 1.67. The number of hydrogen-bond acceptors (Lipinski definition) is 2. The van der Waals surface area contributed by atoms with Gasteiger partial charge >= 0.3 is 0 Å². The van der Waals surface area contributed by atoms with E-state index in [0.29, 0.717) is 30.0 Å². The molecule has 0 bridgehead atoms. The van der Waals surface area contributed by atoms with Crippen molar-refractivity contribution in [3.8, 4) is 5.75 Å². The largest absolute Gasteiger partial charge is 0.497 e. The van der Waals surface area contributed by atoms with Gasteiger partial charge in [0.05, 0.1) is 7.11 Å². The van der Waals surface area contributed by atoms with Crippen LogP contribution in [0.3, 0.4) is 0 Å². The Morgan fingerprint density at radius 1 is 1.10 bits per heavy atom. The smallest absolute Gasteiger partial charge is 0.136 e. The Balaban J connectivity index is 1.84. The van der Waals surface area contributed by atoms with Crippen LogP contribution < -0.4 is 4.74 Å². The van der Waals surface area contributed by atoms with Gasteiger partial charge in [0.1, 0.15) is 11.5 Å². The molecule has 2 atom stereocenters. The molecule has 0 radical (unpaired) electrons. The molecule has 2 heteroatoms. The van der Waals surface area contributed by atoms with Crippen LogP contribution in [0.15, 0.2) is 24.3 Å². The van der Waals surface area contributed by atoms with E-state index in [1.54, 1.807) is 7.11 Å². The van der Waals surface area contributed by atoms with Crippen LogP contribution in [0.1, 0.15) is 45.1 Å². The minimum absolute atomic E-state index is 0.298. The minimum atomic E-state index is 0.298. The number of rotatable bonds is 5. The second-order valence-corrected chi connectivity index (χ2v) is 6.43. The van der Waals surface area contributed by atoms with Crippen LogP contribution in [0.2, 0.25) is 0 Å². The number of aryl methyl sites for hydroxylation is 1. The number of hydrogen-bond donors (Lipinski definition) is 0. The molecule has 0 amide bonds. The van der Waals surface area contributed by atoms with Gasteiger partial charge in [-0.1, -0.05) is 26.0 Å². The van der Waals surface area contributed by atoms with Gasteiger partial charge in [0.25, 0.3) is 0 Å². The van der Waals surface area contributed by atoms with Gasteiger partial charge in [0.15, 0.2) is 0 Å². The molecular formula is C18H26O2. The Bertz CT molecular complexity index is 425. The minimum Gasteiger partial charge on any atom is -0.497 e. The summed E-state index contributed by atoms with van der Waals surface area (Å²) >= 11 is 0. The SMILES string of the molecule is COc1ccc(CCC(=O)C2CC(C)CC(C)C2)cc1. The van der Waals surface area contributed by atoms with E-state index in [4.69, 9.17) is 4.74 Å². The van der Waals surface area contributed by atoms with Crippen molar-refractivity contribution in [1.29, 1.82) is 0 Å².